The highest BCUT2D eigenvalue weighted by molar-refractivity contribution is 7.12. The maximum absolute atomic E-state index is 12.9. The fourth-order valence-corrected chi connectivity index (χ4v) is 3.35. The Balaban J connectivity index is 1.89. The number of benzene rings is 2. The Morgan fingerprint density at radius 1 is 1.07 bits per heavy atom. The predicted molar refractivity (Wildman–Crippen MR) is 108 cm³/mol. The first-order valence-electron chi connectivity index (χ1n) is 8.12. The van der Waals surface area contributed by atoms with E-state index in [0.717, 1.165) is 0 Å². The van der Waals surface area contributed by atoms with Gasteiger partial charge in [0.2, 0.25) is 5.78 Å². The molecule has 0 aliphatic carbocycles. The summed E-state index contributed by atoms with van der Waals surface area (Å²) in [5.41, 5.74) is 0.967. The SMILES string of the molecule is COc1ccc(Cl)cc1N[C@H](NC(=O)c1ccccc1)C(=O)c1cccs1. The molecule has 27 heavy (non-hydrogen) atoms. The minimum Gasteiger partial charge on any atom is -0.495 e. The second kappa shape index (κ2) is 8.70. The van der Waals surface area contributed by atoms with Gasteiger partial charge in [-0.25, -0.2) is 0 Å². The van der Waals surface area contributed by atoms with E-state index in [2.05, 4.69) is 10.6 Å². The first-order valence-corrected chi connectivity index (χ1v) is 9.38. The fourth-order valence-electron chi connectivity index (χ4n) is 2.48. The Kier molecular flexibility index (Phi) is 6.11. The Morgan fingerprint density at radius 2 is 1.85 bits per heavy atom. The quantitative estimate of drug-likeness (QED) is 0.454. The number of halogens is 1. The molecule has 3 aromatic rings. The van der Waals surface area contributed by atoms with Crippen molar-refractivity contribution in [2.24, 2.45) is 0 Å². The van der Waals surface area contributed by atoms with Crippen molar-refractivity contribution in [1.29, 1.82) is 0 Å². The third kappa shape index (κ3) is 4.67. The molecule has 1 atom stereocenters. The van der Waals surface area contributed by atoms with Crippen molar-refractivity contribution in [1.82, 2.24) is 5.32 Å². The van der Waals surface area contributed by atoms with E-state index in [1.54, 1.807) is 54.6 Å². The molecule has 0 saturated carbocycles. The zero-order valence-corrected chi connectivity index (χ0v) is 16.0. The minimum absolute atomic E-state index is 0.253. The molecule has 0 fully saturated rings. The lowest BCUT2D eigenvalue weighted by atomic mass is 10.2. The number of rotatable bonds is 7. The van der Waals surface area contributed by atoms with Crippen LogP contribution in [0.3, 0.4) is 0 Å². The van der Waals surface area contributed by atoms with Crippen LogP contribution in [0.5, 0.6) is 5.75 Å². The largest absolute Gasteiger partial charge is 0.495 e. The lowest BCUT2D eigenvalue weighted by Crippen LogP contribution is -2.46. The molecule has 1 heterocycles. The van der Waals surface area contributed by atoms with Crippen LogP contribution in [0.1, 0.15) is 20.0 Å². The molecule has 1 amide bonds. The molecule has 5 nitrogen and oxygen atoms in total. The Hall–Kier alpha value is -2.83. The average Bonchev–Trinajstić information content (AvgIpc) is 3.22. The number of thiophene rings is 1. The summed E-state index contributed by atoms with van der Waals surface area (Å²) in [6.07, 6.45) is -0.983. The first-order chi connectivity index (χ1) is 13.1. The summed E-state index contributed by atoms with van der Waals surface area (Å²) in [7, 11) is 1.52. The van der Waals surface area contributed by atoms with Crippen LogP contribution in [0.15, 0.2) is 66.0 Å². The molecular formula is C20H17ClN2O3S. The summed E-state index contributed by atoms with van der Waals surface area (Å²) in [5, 5.41) is 8.08. The van der Waals surface area contributed by atoms with Gasteiger partial charge in [-0.2, -0.15) is 0 Å². The number of Topliss-reactive ketones (excluding diaryl/α,β-unsaturated/α-hetero) is 1. The number of methoxy groups -OCH3 is 1. The van der Waals surface area contributed by atoms with Crippen LogP contribution in [-0.2, 0) is 0 Å². The van der Waals surface area contributed by atoms with Gasteiger partial charge in [-0.15, -0.1) is 11.3 Å². The topological polar surface area (TPSA) is 67.4 Å². The Bertz CT molecular complexity index is 930. The van der Waals surface area contributed by atoms with E-state index >= 15 is 0 Å². The van der Waals surface area contributed by atoms with Gasteiger partial charge in [0, 0.05) is 10.6 Å². The molecular weight excluding hydrogens is 384 g/mol. The van der Waals surface area contributed by atoms with Gasteiger partial charge < -0.3 is 15.4 Å². The number of ketones is 1. The normalized spacial score (nSPS) is 11.5. The van der Waals surface area contributed by atoms with E-state index in [-0.39, 0.29) is 11.7 Å². The zero-order valence-electron chi connectivity index (χ0n) is 14.4. The fraction of sp³-hybridized carbons (Fsp3) is 0.100. The van der Waals surface area contributed by atoms with Gasteiger partial charge in [0.25, 0.3) is 5.91 Å². The number of nitrogens with one attached hydrogen (secondary N) is 2. The van der Waals surface area contributed by atoms with Crippen molar-refractivity contribution in [3.63, 3.8) is 0 Å². The van der Waals surface area contributed by atoms with Crippen molar-refractivity contribution in [2.75, 3.05) is 12.4 Å². The number of carbonyl (C=O) groups is 2. The van der Waals surface area contributed by atoms with Crippen LogP contribution >= 0.6 is 22.9 Å². The summed E-state index contributed by atoms with van der Waals surface area (Å²) in [4.78, 5) is 26.0. The van der Waals surface area contributed by atoms with Crippen molar-refractivity contribution in [3.8, 4) is 5.75 Å². The molecule has 7 heteroatoms. The summed E-state index contributed by atoms with van der Waals surface area (Å²) in [6.45, 7) is 0. The van der Waals surface area contributed by atoms with Gasteiger partial charge in [-0.05, 0) is 41.8 Å². The molecule has 0 aliphatic rings. The van der Waals surface area contributed by atoms with Crippen LogP contribution in [0.4, 0.5) is 5.69 Å². The van der Waals surface area contributed by atoms with E-state index in [0.29, 0.717) is 26.9 Å². The molecule has 1 aromatic heterocycles. The third-order valence-corrected chi connectivity index (χ3v) is 4.92. The van der Waals surface area contributed by atoms with Gasteiger partial charge in [0.05, 0.1) is 17.7 Å². The third-order valence-electron chi connectivity index (χ3n) is 3.80. The molecule has 0 radical (unpaired) electrons. The molecule has 2 aromatic carbocycles. The summed E-state index contributed by atoms with van der Waals surface area (Å²) < 4.78 is 5.32. The average molecular weight is 401 g/mol. The van der Waals surface area contributed by atoms with Gasteiger partial charge in [0.1, 0.15) is 5.75 Å². The van der Waals surface area contributed by atoms with Crippen LogP contribution < -0.4 is 15.4 Å². The Labute approximate surface area is 165 Å². The first kappa shape index (κ1) is 18.9. The number of hydrogen-bond acceptors (Lipinski definition) is 5. The molecule has 0 unspecified atom stereocenters. The molecule has 2 N–H and O–H groups in total. The van der Waals surface area contributed by atoms with Gasteiger partial charge in [-0.1, -0.05) is 35.9 Å². The van der Waals surface area contributed by atoms with Gasteiger partial charge in [0.15, 0.2) is 6.17 Å². The smallest absolute Gasteiger partial charge is 0.253 e. The molecule has 3 rings (SSSR count). The number of hydrogen-bond donors (Lipinski definition) is 2. The molecule has 0 spiro atoms. The Morgan fingerprint density at radius 3 is 2.52 bits per heavy atom. The molecule has 0 aliphatic heterocycles. The van der Waals surface area contributed by atoms with Crippen molar-refractivity contribution >= 4 is 40.3 Å². The maximum Gasteiger partial charge on any atom is 0.253 e. The summed E-state index contributed by atoms with van der Waals surface area (Å²) >= 11 is 7.38. The second-order valence-corrected chi connectivity index (χ2v) is 6.99. The van der Waals surface area contributed by atoms with Crippen LogP contribution in [0.25, 0.3) is 0 Å². The van der Waals surface area contributed by atoms with Crippen molar-refractivity contribution in [2.45, 2.75) is 6.17 Å². The number of amides is 1. The van der Waals surface area contributed by atoms with Gasteiger partial charge >= 0.3 is 0 Å². The van der Waals surface area contributed by atoms with Crippen molar-refractivity contribution < 1.29 is 14.3 Å². The van der Waals surface area contributed by atoms with Crippen LogP contribution in [0, 0.1) is 0 Å². The van der Waals surface area contributed by atoms with E-state index < -0.39 is 6.17 Å². The van der Waals surface area contributed by atoms with Crippen LogP contribution in [-0.4, -0.2) is 25.0 Å². The minimum atomic E-state index is -0.983. The second-order valence-electron chi connectivity index (χ2n) is 5.60. The van der Waals surface area contributed by atoms with Crippen LogP contribution in [0.2, 0.25) is 5.02 Å². The molecule has 138 valence electrons. The molecule has 0 saturated heterocycles. The van der Waals surface area contributed by atoms with Crippen molar-refractivity contribution in [3.05, 3.63) is 81.5 Å². The number of anilines is 1. The monoisotopic (exact) mass is 400 g/mol. The lowest BCUT2D eigenvalue weighted by molar-refractivity contribution is 0.0871. The van der Waals surface area contributed by atoms with E-state index in [4.69, 9.17) is 16.3 Å². The molecule has 0 bridgehead atoms. The van der Waals surface area contributed by atoms with Gasteiger partial charge in [-0.3, -0.25) is 9.59 Å². The number of ether oxygens (including phenoxy) is 1. The highest BCUT2D eigenvalue weighted by Crippen LogP contribution is 2.28. The maximum atomic E-state index is 12.9. The lowest BCUT2D eigenvalue weighted by Gasteiger charge is -2.21. The summed E-state index contributed by atoms with van der Waals surface area (Å²) in [5.74, 6) is -0.104. The summed E-state index contributed by atoms with van der Waals surface area (Å²) in [6, 6.07) is 17.2. The van der Waals surface area contributed by atoms with E-state index in [1.807, 2.05) is 11.4 Å². The standard InChI is InChI=1S/C20H17ClN2O3S/c1-26-16-10-9-14(21)12-15(16)22-19(18(24)17-8-5-11-27-17)23-20(25)13-6-3-2-4-7-13/h2-12,19,22H,1H3,(H,23,25)/t19-/m1/s1. The predicted octanol–water partition coefficient (Wildman–Crippen LogP) is 4.46. The van der Waals surface area contributed by atoms with E-state index in [9.17, 15) is 9.59 Å². The highest BCUT2D eigenvalue weighted by Gasteiger charge is 2.24. The highest BCUT2D eigenvalue weighted by atomic mass is 35.5. The zero-order chi connectivity index (χ0) is 19.2. The van der Waals surface area contributed by atoms with E-state index in [1.165, 1.54) is 18.4 Å². The number of carbonyl (C=O) groups excluding carboxylic acids is 2.